The number of hydrogen-bond donors (Lipinski definition) is 3. The summed E-state index contributed by atoms with van der Waals surface area (Å²) in [7, 11) is 1.40. The number of amides is 1. The average molecular weight is 529 g/mol. The lowest BCUT2D eigenvalue weighted by atomic mass is 10.1. The second-order valence-electron chi connectivity index (χ2n) is 5.34. The zero-order valence-corrected chi connectivity index (χ0v) is 17.7. The molecule has 0 radical (unpaired) electrons. The van der Waals surface area contributed by atoms with E-state index < -0.39 is 17.8 Å². The molecule has 1 atom stereocenters. The third-order valence-electron chi connectivity index (χ3n) is 3.48. The number of carbonyl (C=O) groups is 1. The van der Waals surface area contributed by atoms with Crippen LogP contribution in [-0.2, 0) is 9.57 Å². The van der Waals surface area contributed by atoms with Crippen molar-refractivity contribution in [2.45, 2.75) is 6.10 Å². The summed E-state index contributed by atoms with van der Waals surface area (Å²) >= 11 is 14.1. The number of ether oxygens (including phenoxy) is 1. The first-order valence-corrected chi connectivity index (χ1v) is 9.46. The van der Waals surface area contributed by atoms with Gasteiger partial charge in [-0.05, 0) is 52.9 Å². The third kappa shape index (κ3) is 6.16. The van der Waals surface area contributed by atoms with Crippen LogP contribution in [0.15, 0.2) is 30.3 Å². The van der Waals surface area contributed by atoms with Crippen molar-refractivity contribution in [1.82, 2.24) is 5.48 Å². The lowest BCUT2D eigenvalue weighted by Crippen LogP contribution is -2.31. The molecule has 0 saturated carbocycles. The van der Waals surface area contributed by atoms with E-state index in [9.17, 15) is 9.18 Å². The van der Waals surface area contributed by atoms with E-state index in [1.807, 2.05) is 6.07 Å². The standard InChI is InChI=1S/C17H16Cl2FIN2O4/c1-26-10(7-24)8-27-23-17(25)11-5-12(18)14(20)6-16(11)22-15-3-2-9(21)4-13(15)19/h2-6,10,22,24H,7-8H2,1H3,(H,23,25). The molecule has 1 amide bonds. The van der Waals surface area contributed by atoms with Crippen LogP contribution in [0.4, 0.5) is 15.8 Å². The number of aliphatic hydroxyl groups excluding tert-OH is 1. The van der Waals surface area contributed by atoms with Gasteiger partial charge in [-0.1, -0.05) is 23.2 Å². The van der Waals surface area contributed by atoms with Gasteiger partial charge < -0.3 is 15.2 Å². The summed E-state index contributed by atoms with van der Waals surface area (Å²) in [5.41, 5.74) is 2.91. The zero-order chi connectivity index (χ0) is 20.0. The van der Waals surface area contributed by atoms with E-state index in [-0.39, 0.29) is 29.5 Å². The van der Waals surface area contributed by atoms with Gasteiger partial charge in [0.1, 0.15) is 18.5 Å². The average Bonchev–Trinajstić information content (AvgIpc) is 2.63. The van der Waals surface area contributed by atoms with E-state index in [1.165, 1.54) is 13.2 Å². The molecule has 0 aliphatic rings. The second-order valence-corrected chi connectivity index (χ2v) is 7.40. The second kappa shape index (κ2) is 10.4. The number of anilines is 2. The van der Waals surface area contributed by atoms with Gasteiger partial charge in [-0.3, -0.25) is 9.63 Å². The highest BCUT2D eigenvalue weighted by atomic mass is 127. The van der Waals surface area contributed by atoms with Gasteiger partial charge in [0, 0.05) is 10.7 Å². The lowest BCUT2D eigenvalue weighted by molar-refractivity contribution is -0.0469. The summed E-state index contributed by atoms with van der Waals surface area (Å²) in [6.07, 6.45) is -0.592. The van der Waals surface area contributed by atoms with Gasteiger partial charge in [-0.2, -0.15) is 0 Å². The molecule has 2 rings (SSSR count). The maximum absolute atomic E-state index is 13.9. The van der Waals surface area contributed by atoms with Crippen molar-refractivity contribution in [3.63, 3.8) is 0 Å². The number of nitrogens with one attached hydrogen (secondary N) is 2. The Morgan fingerprint density at radius 2 is 2.00 bits per heavy atom. The summed E-state index contributed by atoms with van der Waals surface area (Å²) in [6.45, 7) is -0.341. The number of hydrogen-bond acceptors (Lipinski definition) is 5. The normalized spacial score (nSPS) is 11.9. The number of rotatable bonds is 8. The van der Waals surface area contributed by atoms with Crippen molar-refractivity contribution >= 4 is 63.1 Å². The van der Waals surface area contributed by atoms with Crippen LogP contribution < -0.4 is 10.8 Å². The van der Waals surface area contributed by atoms with E-state index in [1.54, 1.807) is 12.1 Å². The maximum Gasteiger partial charge on any atom is 0.277 e. The molecule has 0 saturated heterocycles. The first kappa shape index (κ1) is 22.1. The van der Waals surface area contributed by atoms with Gasteiger partial charge >= 0.3 is 0 Å². The molecule has 146 valence electrons. The summed E-state index contributed by atoms with van der Waals surface area (Å²) in [5.74, 6) is -1.35. The number of halogens is 4. The number of methoxy groups -OCH3 is 1. The Hall–Kier alpha value is -1.17. The minimum atomic E-state index is -0.696. The van der Waals surface area contributed by atoms with Gasteiger partial charge in [-0.25, -0.2) is 9.87 Å². The fraction of sp³-hybridized carbons (Fsp3) is 0.235. The van der Waals surface area contributed by atoms with Crippen LogP contribution in [0.1, 0.15) is 10.4 Å². The Kier molecular flexibility index (Phi) is 8.52. The molecule has 2 aromatic carbocycles. The van der Waals surface area contributed by atoms with Crippen LogP contribution >= 0.6 is 45.8 Å². The predicted molar refractivity (Wildman–Crippen MR) is 110 cm³/mol. The van der Waals surface area contributed by atoms with Crippen LogP contribution in [0.2, 0.25) is 10.0 Å². The van der Waals surface area contributed by atoms with E-state index >= 15 is 0 Å². The van der Waals surface area contributed by atoms with Crippen LogP contribution in [0.5, 0.6) is 0 Å². The summed E-state index contributed by atoms with van der Waals surface area (Å²) in [6, 6.07) is 7.51. The molecule has 0 spiro atoms. The van der Waals surface area contributed by atoms with Gasteiger partial charge in [0.05, 0.1) is 33.6 Å². The molecule has 1 unspecified atom stereocenters. The van der Waals surface area contributed by atoms with E-state index in [4.69, 9.17) is 37.9 Å². The molecule has 0 aliphatic heterocycles. The first-order chi connectivity index (χ1) is 12.8. The van der Waals surface area contributed by atoms with Gasteiger partial charge in [0.25, 0.3) is 5.91 Å². The van der Waals surface area contributed by atoms with Crippen molar-refractivity contribution in [2.24, 2.45) is 0 Å². The van der Waals surface area contributed by atoms with Crippen LogP contribution in [0, 0.1) is 9.39 Å². The molecule has 27 heavy (non-hydrogen) atoms. The van der Waals surface area contributed by atoms with Gasteiger partial charge in [0.2, 0.25) is 0 Å². The summed E-state index contributed by atoms with van der Waals surface area (Å²) in [5, 5.41) is 12.1. The SMILES string of the molecule is COC(CO)CONC(=O)c1cc(Cl)c(F)cc1Nc1ccc(I)cc1Cl. The highest BCUT2D eigenvalue weighted by Crippen LogP contribution is 2.31. The Morgan fingerprint density at radius 1 is 1.26 bits per heavy atom. The summed E-state index contributed by atoms with van der Waals surface area (Å²) < 4.78 is 19.8. The molecule has 0 bridgehead atoms. The largest absolute Gasteiger partial charge is 0.394 e. The molecular formula is C17H16Cl2FIN2O4. The molecule has 6 nitrogen and oxygen atoms in total. The van der Waals surface area contributed by atoms with Crippen molar-refractivity contribution in [1.29, 1.82) is 0 Å². The first-order valence-electron chi connectivity index (χ1n) is 7.62. The van der Waals surface area contributed by atoms with Crippen LogP contribution in [-0.4, -0.2) is 37.4 Å². The Labute approximate surface area is 179 Å². The molecule has 0 fully saturated rings. The minimum absolute atomic E-state index is 0.0500. The van der Waals surface area contributed by atoms with Crippen LogP contribution in [0.3, 0.4) is 0 Å². The fourth-order valence-electron chi connectivity index (χ4n) is 2.02. The van der Waals surface area contributed by atoms with Crippen molar-refractivity contribution in [3.8, 4) is 0 Å². The highest BCUT2D eigenvalue weighted by molar-refractivity contribution is 14.1. The fourth-order valence-corrected chi connectivity index (χ4v) is 3.09. The van der Waals surface area contributed by atoms with E-state index in [2.05, 4.69) is 33.4 Å². The monoisotopic (exact) mass is 528 g/mol. The quantitative estimate of drug-likeness (QED) is 0.354. The Morgan fingerprint density at radius 3 is 2.63 bits per heavy atom. The van der Waals surface area contributed by atoms with Gasteiger partial charge in [0.15, 0.2) is 0 Å². The number of benzene rings is 2. The summed E-state index contributed by atoms with van der Waals surface area (Å²) in [4.78, 5) is 17.5. The molecule has 3 N–H and O–H groups in total. The van der Waals surface area contributed by atoms with Crippen LogP contribution in [0.25, 0.3) is 0 Å². The number of aliphatic hydroxyl groups is 1. The molecular weight excluding hydrogens is 513 g/mol. The smallest absolute Gasteiger partial charge is 0.277 e. The zero-order valence-electron chi connectivity index (χ0n) is 14.1. The minimum Gasteiger partial charge on any atom is -0.394 e. The molecule has 0 aliphatic carbocycles. The predicted octanol–water partition coefficient (Wildman–Crippen LogP) is 4.15. The molecule has 10 heteroatoms. The van der Waals surface area contributed by atoms with Crippen molar-refractivity contribution < 1.29 is 23.9 Å². The topological polar surface area (TPSA) is 79.8 Å². The lowest BCUT2D eigenvalue weighted by Gasteiger charge is -2.16. The van der Waals surface area contributed by atoms with Crippen molar-refractivity contribution in [2.75, 3.05) is 25.6 Å². The maximum atomic E-state index is 13.9. The number of hydroxylamine groups is 1. The van der Waals surface area contributed by atoms with Crippen molar-refractivity contribution in [3.05, 3.63) is 55.3 Å². The Bertz CT molecular complexity index is 822. The third-order valence-corrected chi connectivity index (χ3v) is 4.75. The Balaban J connectivity index is 2.22. The van der Waals surface area contributed by atoms with Gasteiger partial charge in [-0.15, -0.1) is 0 Å². The number of carbonyl (C=O) groups excluding carboxylic acids is 1. The van der Waals surface area contributed by atoms with E-state index in [0.29, 0.717) is 10.7 Å². The van der Waals surface area contributed by atoms with E-state index in [0.717, 1.165) is 9.64 Å². The highest BCUT2D eigenvalue weighted by Gasteiger charge is 2.17. The molecule has 0 aromatic heterocycles. The molecule has 2 aromatic rings. The molecule has 0 heterocycles.